The minimum absolute atomic E-state index is 0.0107. The monoisotopic (exact) mass is 432 g/mol. The largest absolute Gasteiger partial charge is 0.493 e. The smallest absolute Gasteiger partial charge is 0.387 e. The maximum Gasteiger partial charge on any atom is 0.387 e. The van der Waals surface area contributed by atoms with Gasteiger partial charge in [0.15, 0.2) is 11.5 Å². The number of nitrogens with zero attached hydrogens (tertiary/aromatic N) is 2. The first-order valence-corrected chi connectivity index (χ1v) is 11.0. The van der Waals surface area contributed by atoms with E-state index in [4.69, 9.17) is 4.74 Å². The fourth-order valence-electron chi connectivity index (χ4n) is 3.07. The lowest BCUT2D eigenvalue weighted by molar-refractivity contribution is -0.0512. The Balaban J connectivity index is 1.61. The van der Waals surface area contributed by atoms with Crippen molar-refractivity contribution < 1.29 is 26.7 Å². The molecule has 0 aliphatic carbocycles. The second-order valence-corrected chi connectivity index (χ2v) is 9.86. The number of ether oxygens (including phenoxy) is 2. The molecular formula is C18H22F2N2O4S2. The molecular weight excluding hydrogens is 410 g/mol. The molecule has 0 radical (unpaired) electrons. The van der Waals surface area contributed by atoms with Crippen LogP contribution in [0.15, 0.2) is 34.5 Å². The van der Waals surface area contributed by atoms with Crippen molar-refractivity contribution in [2.75, 3.05) is 33.3 Å². The molecule has 0 bridgehead atoms. The molecule has 2 heterocycles. The summed E-state index contributed by atoms with van der Waals surface area (Å²) in [6, 6.07) is 8.28. The highest BCUT2D eigenvalue weighted by atomic mass is 32.2. The molecule has 10 heteroatoms. The van der Waals surface area contributed by atoms with E-state index in [1.807, 2.05) is 13.0 Å². The summed E-state index contributed by atoms with van der Waals surface area (Å²) in [5.41, 5.74) is 0.878. The van der Waals surface area contributed by atoms with E-state index in [0.29, 0.717) is 36.9 Å². The summed E-state index contributed by atoms with van der Waals surface area (Å²) >= 11 is 1.28. The lowest BCUT2D eigenvalue weighted by Crippen LogP contribution is -2.48. The number of benzene rings is 1. The van der Waals surface area contributed by atoms with E-state index >= 15 is 0 Å². The molecule has 3 rings (SSSR count). The summed E-state index contributed by atoms with van der Waals surface area (Å²) < 4.78 is 61.7. The molecule has 0 saturated carbocycles. The van der Waals surface area contributed by atoms with E-state index in [1.54, 1.807) is 18.2 Å². The van der Waals surface area contributed by atoms with Crippen LogP contribution >= 0.6 is 11.3 Å². The number of aryl methyl sites for hydroxylation is 1. The Morgan fingerprint density at radius 1 is 1.11 bits per heavy atom. The number of hydrogen-bond acceptors (Lipinski definition) is 6. The Morgan fingerprint density at radius 3 is 2.39 bits per heavy atom. The third kappa shape index (κ3) is 4.80. The van der Waals surface area contributed by atoms with Crippen molar-refractivity contribution in [1.82, 2.24) is 9.21 Å². The number of piperazine rings is 1. The average molecular weight is 433 g/mol. The summed E-state index contributed by atoms with van der Waals surface area (Å²) in [5, 5.41) is 0. The molecule has 1 aromatic heterocycles. The van der Waals surface area contributed by atoms with E-state index in [2.05, 4.69) is 9.64 Å². The molecule has 28 heavy (non-hydrogen) atoms. The Morgan fingerprint density at radius 2 is 1.82 bits per heavy atom. The molecule has 1 fully saturated rings. The third-order valence-electron chi connectivity index (χ3n) is 4.49. The molecule has 0 spiro atoms. The van der Waals surface area contributed by atoms with Crippen molar-refractivity contribution in [3.63, 3.8) is 0 Å². The predicted molar refractivity (Wildman–Crippen MR) is 103 cm³/mol. The van der Waals surface area contributed by atoms with Gasteiger partial charge < -0.3 is 9.47 Å². The zero-order valence-corrected chi connectivity index (χ0v) is 17.2. The molecule has 0 N–H and O–H groups in total. The van der Waals surface area contributed by atoms with Gasteiger partial charge in [-0.25, -0.2) is 8.42 Å². The number of halogens is 2. The van der Waals surface area contributed by atoms with Crippen LogP contribution in [-0.4, -0.2) is 57.5 Å². The first-order chi connectivity index (χ1) is 13.3. The number of alkyl halides is 2. The average Bonchev–Trinajstić information content (AvgIpc) is 3.10. The third-order valence-corrected chi connectivity index (χ3v) is 7.86. The van der Waals surface area contributed by atoms with Gasteiger partial charge in [-0.1, -0.05) is 6.07 Å². The molecule has 6 nitrogen and oxygen atoms in total. The fourth-order valence-corrected chi connectivity index (χ4v) is 5.93. The van der Waals surface area contributed by atoms with Crippen LogP contribution in [0.3, 0.4) is 0 Å². The van der Waals surface area contributed by atoms with Crippen molar-refractivity contribution in [3.8, 4) is 11.5 Å². The normalized spacial score (nSPS) is 16.5. The Bertz CT molecular complexity index is 910. The highest BCUT2D eigenvalue weighted by Gasteiger charge is 2.29. The van der Waals surface area contributed by atoms with Crippen molar-refractivity contribution >= 4 is 21.4 Å². The lowest BCUT2D eigenvalue weighted by Gasteiger charge is -2.33. The first-order valence-electron chi connectivity index (χ1n) is 8.70. The van der Waals surface area contributed by atoms with E-state index in [0.717, 1.165) is 10.4 Å². The molecule has 1 aliphatic rings. The Labute approximate surface area is 167 Å². The standard InChI is InChI=1S/C18H22F2N2O4S2/c1-13-3-6-17(27-13)28(23,24)22-9-7-21(8-10-22)12-14-4-5-15(26-18(19)20)16(11-14)25-2/h3-6,11,18H,7-10,12H2,1-2H3. The molecule has 154 valence electrons. The predicted octanol–water partition coefficient (Wildman–Crippen LogP) is 3.17. The molecule has 1 aliphatic heterocycles. The van der Waals surface area contributed by atoms with Crippen molar-refractivity contribution in [1.29, 1.82) is 0 Å². The quantitative estimate of drug-likeness (QED) is 0.673. The first kappa shape index (κ1) is 21.0. The second-order valence-electron chi connectivity index (χ2n) is 6.41. The van der Waals surface area contributed by atoms with Crippen LogP contribution < -0.4 is 9.47 Å². The second kappa shape index (κ2) is 8.73. The minimum Gasteiger partial charge on any atom is -0.493 e. The molecule has 1 aromatic carbocycles. The van der Waals surface area contributed by atoms with Gasteiger partial charge in [-0.05, 0) is 36.8 Å². The lowest BCUT2D eigenvalue weighted by atomic mass is 10.1. The minimum atomic E-state index is -3.45. The topological polar surface area (TPSA) is 59.1 Å². The Hall–Kier alpha value is -1.75. The number of thiophene rings is 1. The molecule has 0 atom stereocenters. The summed E-state index contributed by atoms with van der Waals surface area (Å²) in [7, 11) is -2.05. The summed E-state index contributed by atoms with van der Waals surface area (Å²) in [4.78, 5) is 3.08. The fraction of sp³-hybridized carbons (Fsp3) is 0.444. The highest BCUT2D eigenvalue weighted by Crippen LogP contribution is 2.30. The van der Waals surface area contributed by atoms with Gasteiger partial charge in [0.2, 0.25) is 0 Å². The van der Waals surface area contributed by atoms with E-state index < -0.39 is 16.6 Å². The number of rotatable bonds is 7. The van der Waals surface area contributed by atoms with Crippen molar-refractivity contribution in [2.24, 2.45) is 0 Å². The summed E-state index contributed by atoms with van der Waals surface area (Å²) in [6.07, 6.45) is 0. The molecule has 2 aromatic rings. The van der Waals surface area contributed by atoms with Crippen LogP contribution in [0.25, 0.3) is 0 Å². The zero-order valence-electron chi connectivity index (χ0n) is 15.6. The maximum atomic E-state index is 12.7. The van der Waals surface area contributed by atoms with Gasteiger partial charge in [0.05, 0.1) is 7.11 Å². The summed E-state index contributed by atoms with van der Waals surface area (Å²) in [6.45, 7) is 1.51. The van der Waals surface area contributed by atoms with Crippen LogP contribution in [0, 0.1) is 6.92 Å². The molecule has 0 unspecified atom stereocenters. The highest BCUT2D eigenvalue weighted by molar-refractivity contribution is 7.91. The van der Waals surface area contributed by atoms with E-state index in [9.17, 15) is 17.2 Å². The van der Waals surface area contributed by atoms with Crippen molar-refractivity contribution in [3.05, 3.63) is 40.8 Å². The van der Waals surface area contributed by atoms with Crippen LogP contribution in [0.5, 0.6) is 11.5 Å². The Kier molecular flexibility index (Phi) is 6.54. The molecule has 1 saturated heterocycles. The van der Waals surface area contributed by atoms with Gasteiger partial charge in [0.25, 0.3) is 10.0 Å². The molecule has 0 amide bonds. The van der Waals surface area contributed by atoms with Crippen molar-refractivity contribution in [2.45, 2.75) is 24.3 Å². The van der Waals surface area contributed by atoms with Crippen LogP contribution in [0.4, 0.5) is 8.78 Å². The van der Waals surface area contributed by atoms with Crippen LogP contribution in [-0.2, 0) is 16.6 Å². The van der Waals surface area contributed by atoms with E-state index in [-0.39, 0.29) is 11.5 Å². The SMILES string of the molecule is COc1cc(CN2CCN(S(=O)(=O)c3ccc(C)s3)CC2)ccc1OC(F)F. The number of methoxy groups -OCH3 is 1. The van der Waals surface area contributed by atoms with Gasteiger partial charge in [-0.3, -0.25) is 4.90 Å². The van der Waals surface area contributed by atoms with Gasteiger partial charge in [0.1, 0.15) is 4.21 Å². The van der Waals surface area contributed by atoms with Gasteiger partial charge in [0, 0.05) is 37.6 Å². The van der Waals surface area contributed by atoms with Crippen LogP contribution in [0.2, 0.25) is 0 Å². The summed E-state index contributed by atoms with van der Waals surface area (Å²) in [5.74, 6) is 0.232. The zero-order chi connectivity index (χ0) is 20.3. The van der Waals surface area contributed by atoms with Gasteiger partial charge >= 0.3 is 6.61 Å². The van der Waals surface area contributed by atoms with Gasteiger partial charge in [-0.2, -0.15) is 13.1 Å². The number of sulfonamides is 1. The number of hydrogen-bond donors (Lipinski definition) is 0. The van der Waals surface area contributed by atoms with Gasteiger partial charge in [-0.15, -0.1) is 11.3 Å². The van der Waals surface area contributed by atoms with E-state index in [1.165, 1.54) is 28.8 Å². The van der Waals surface area contributed by atoms with Crippen LogP contribution in [0.1, 0.15) is 10.4 Å². The maximum absolute atomic E-state index is 12.7.